The van der Waals surface area contributed by atoms with Crippen LogP contribution in [0.5, 0.6) is 0 Å². The molecule has 0 aromatic carbocycles. The number of nitrogens with one attached hydrogen (secondary N) is 1. The number of nitrogens with zero attached hydrogens (tertiary/aromatic N) is 2. The molecule has 0 amide bonds. The molecule has 1 saturated heterocycles. The van der Waals surface area contributed by atoms with Crippen molar-refractivity contribution in [2.24, 2.45) is 0 Å². The smallest absolute Gasteiger partial charge is 0.128 e. The summed E-state index contributed by atoms with van der Waals surface area (Å²) in [6.45, 7) is 5.91. The Kier molecular flexibility index (Phi) is 4.42. The zero-order valence-corrected chi connectivity index (χ0v) is 12.2. The summed E-state index contributed by atoms with van der Waals surface area (Å²) < 4.78 is 0. The van der Waals surface area contributed by atoms with E-state index in [0.29, 0.717) is 6.04 Å². The van der Waals surface area contributed by atoms with E-state index in [0.717, 1.165) is 38.2 Å². The minimum absolute atomic E-state index is 0.325. The normalized spacial score (nSPS) is 26.0. The maximum Gasteiger partial charge on any atom is 0.128 e. The summed E-state index contributed by atoms with van der Waals surface area (Å²) in [6, 6.07) is 4.54. The van der Waals surface area contributed by atoms with Gasteiger partial charge in [0, 0.05) is 25.3 Å². The summed E-state index contributed by atoms with van der Waals surface area (Å²) in [7, 11) is 1.95. The van der Waals surface area contributed by atoms with E-state index in [1.807, 2.05) is 20.2 Å². The van der Waals surface area contributed by atoms with Crippen molar-refractivity contribution in [1.29, 1.82) is 0 Å². The van der Waals surface area contributed by atoms with E-state index < -0.39 is 5.60 Å². The maximum atomic E-state index is 10.1. The first-order valence-electron chi connectivity index (χ1n) is 7.12. The highest BCUT2D eigenvalue weighted by Gasteiger charge is 2.25. The molecule has 106 valence electrons. The summed E-state index contributed by atoms with van der Waals surface area (Å²) in [5.41, 5.74) is 0.683. The molecular weight excluding hydrogens is 238 g/mol. The Balaban J connectivity index is 2.05. The molecule has 2 N–H and O–H groups in total. The van der Waals surface area contributed by atoms with Gasteiger partial charge in [-0.2, -0.15) is 0 Å². The third kappa shape index (κ3) is 3.67. The average Bonchev–Trinajstić information content (AvgIpc) is 2.59. The second-order valence-corrected chi connectivity index (χ2v) is 5.80. The molecule has 0 radical (unpaired) electrons. The Bertz CT molecular complexity index is 402. The zero-order chi connectivity index (χ0) is 13.9. The number of rotatable bonds is 3. The van der Waals surface area contributed by atoms with Crippen molar-refractivity contribution in [3.8, 4) is 0 Å². The first-order chi connectivity index (χ1) is 9.02. The molecule has 4 heteroatoms. The first kappa shape index (κ1) is 14.3. The van der Waals surface area contributed by atoms with E-state index in [1.165, 1.54) is 5.56 Å². The molecule has 4 nitrogen and oxygen atoms in total. The predicted octanol–water partition coefficient (Wildman–Crippen LogP) is 2.10. The minimum atomic E-state index is -0.519. The topological polar surface area (TPSA) is 48.4 Å². The van der Waals surface area contributed by atoms with Crippen LogP contribution in [0.4, 0.5) is 5.82 Å². The van der Waals surface area contributed by atoms with E-state index in [4.69, 9.17) is 0 Å². The van der Waals surface area contributed by atoms with Crippen LogP contribution >= 0.6 is 0 Å². The lowest BCUT2D eigenvalue weighted by molar-refractivity contribution is 0.0481. The van der Waals surface area contributed by atoms with E-state index in [2.05, 4.69) is 34.3 Å². The zero-order valence-electron chi connectivity index (χ0n) is 12.2. The van der Waals surface area contributed by atoms with Crippen LogP contribution in [0.3, 0.4) is 0 Å². The van der Waals surface area contributed by atoms with Gasteiger partial charge in [0.25, 0.3) is 0 Å². The number of hydrogen-bond acceptors (Lipinski definition) is 4. The van der Waals surface area contributed by atoms with Gasteiger partial charge in [-0.15, -0.1) is 0 Å². The predicted molar refractivity (Wildman–Crippen MR) is 78.4 cm³/mol. The Morgan fingerprint density at radius 3 is 2.79 bits per heavy atom. The van der Waals surface area contributed by atoms with Gasteiger partial charge in [0.1, 0.15) is 5.82 Å². The molecule has 0 bridgehead atoms. The molecule has 0 saturated carbocycles. The van der Waals surface area contributed by atoms with Crippen molar-refractivity contribution < 1.29 is 5.11 Å². The lowest BCUT2D eigenvalue weighted by atomic mass is 9.98. The van der Waals surface area contributed by atoms with Crippen LogP contribution in [0.1, 0.15) is 44.7 Å². The maximum absolute atomic E-state index is 10.1. The molecule has 1 aliphatic rings. The van der Waals surface area contributed by atoms with Gasteiger partial charge in [0.2, 0.25) is 0 Å². The van der Waals surface area contributed by atoms with Crippen molar-refractivity contribution in [3.05, 3.63) is 23.9 Å². The monoisotopic (exact) mass is 263 g/mol. The van der Waals surface area contributed by atoms with Crippen LogP contribution in [-0.4, -0.2) is 35.8 Å². The first-order valence-corrected chi connectivity index (χ1v) is 7.12. The van der Waals surface area contributed by atoms with Crippen LogP contribution in [0.15, 0.2) is 18.3 Å². The third-order valence-electron chi connectivity index (χ3n) is 4.09. The number of aromatic nitrogens is 1. The highest BCUT2D eigenvalue weighted by Crippen LogP contribution is 2.24. The van der Waals surface area contributed by atoms with E-state index >= 15 is 0 Å². The molecule has 2 unspecified atom stereocenters. The molecule has 1 aromatic heterocycles. The summed E-state index contributed by atoms with van der Waals surface area (Å²) in [5.74, 6) is 1.02. The van der Waals surface area contributed by atoms with E-state index in [-0.39, 0.29) is 0 Å². The van der Waals surface area contributed by atoms with Gasteiger partial charge in [-0.25, -0.2) is 4.98 Å². The van der Waals surface area contributed by atoms with Crippen molar-refractivity contribution in [2.75, 3.05) is 25.0 Å². The molecule has 2 rings (SSSR count). The number of pyridine rings is 1. The van der Waals surface area contributed by atoms with Crippen molar-refractivity contribution in [3.63, 3.8) is 0 Å². The van der Waals surface area contributed by atoms with Gasteiger partial charge in [0.15, 0.2) is 0 Å². The standard InChI is InChI=1S/C15H25N3O/c1-12(16-3)13-5-6-14(17-11-13)18-9-4-7-15(2,19)8-10-18/h5-6,11-12,16,19H,4,7-10H2,1-3H3. The molecule has 0 aliphatic carbocycles. The van der Waals surface area contributed by atoms with Gasteiger partial charge in [-0.1, -0.05) is 6.07 Å². The Morgan fingerprint density at radius 2 is 2.16 bits per heavy atom. The van der Waals surface area contributed by atoms with E-state index in [9.17, 15) is 5.11 Å². The fourth-order valence-electron chi connectivity index (χ4n) is 2.50. The van der Waals surface area contributed by atoms with Crippen LogP contribution in [-0.2, 0) is 0 Å². The molecule has 2 heterocycles. The third-order valence-corrected chi connectivity index (χ3v) is 4.09. The SMILES string of the molecule is CNC(C)c1ccc(N2CCCC(C)(O)CC2)nc1. The fourth-order valence-corrected chi connectivity index (χ4v) is 2.50. The van der Waals surface area contributed by atoms with Crippen molar-refractivity contribution in [1.82, 2.24) is 10.3 Å². The van der Waals surface area contributed by atoms with Crippen LogP contribution in [0.2, 0.25) is 0 Å². The molecular formula is C15H25N3O. The Hall–Kier alpha value is -1.13. The summed E-state index contributed by atoms with van der Waals surface area (Å²) in [4.78, 5) is 6.84. The number of anilines is 1. The second-order valence-electron chi connectivity index (χ2n) is 5.80. The minimum Gasteiger partial charge on any atom is -0.390 e. The Morgan fingerprint density at radius 1 is 1.37 bits per heavy atom. The highest BCUT2D eigenvalue weighted by atomic mass is 16.3. The molecule has 1 aliphatic heterocycles. The molecule has 0 spiro atoms. The highest BCUT2D eigenvalue weighted by molar-refractivity contribution is 5.40. The fraction of sp³-hybridized carbons (Fsp3) is 0.667. The lowest BCUT2D eigenvalue weighted by Crippen LogP contribution is -2.28. The lowest BCUT2D eigenvalue weighted by Gasteiger charge is -2.23. The van der Waals surface area contributed by atoms with Crippen LogP contribution in [0.25, 0.3) is 0 Å². The number of aliphatic hydroxyl groups is 1. The van der Waals surface area contributed by atoms with Gasteiger partial charge in [-0.05, 0) is 51.8 Å². The van der Waals surface area contributed by atoms with E-state index in [1.54, 1.807) is 0 Å². The summed E-state index contributed by atoms with van der Waals surface area (Å²) >= 11 is 0. The molecule has 2 atom stereocenters. The van der Waals surface area contributed by atoms with Gasteiger partial charge < -0.3 is 15.3 Å². The molecule has 1 aromatic rings. The summed E-state index contributed by atoms with van der Waals surface area (Å²) in [5, 5.41) is 13.3. The largest absolute Gasteiger partial charge is 0.390 e. The van der Waals surface area contributed by atoms with Gasteiger partial charge >= 0.3 is 0 Å². The number of hydrogen-bond donors (Lipinski definition) is 2. The molecule has 1 fully saturated rings. The van der Waals surface area contributed by atoms with Gasteiger partial charge in [0.05, 0.1) is 5.60 Å². The van der Waals surface area contributed by atoms with Crippen molar-refractivity contribution >= 4 is 5.82 Å². The van der Waals surface area contributed by atoms with Crippen LogP contribution < -0.4 is 10.2 Å². The van der Waals surface area contributed by atoms with Crippen LogP contribution in [0, 0.1) is 0 Å². The quantitative estimate of drug-likeness (QED) is 0.877. The van der Waals surface area contributed by atoms with Gasteiger partial charge in [-0.3, -0.25) is 0 Å². The second kappa shape index (κ2) is 5.88. The average molecular weight is 263 g/mol. The van der Waals surface area contributed by atoms with Crippen molar-refractivity contribution in [2.45, 2.75) is 44.8 Å². The Labute approximate surface area is 115 Å². The summed E-state index contributed by atoms with van der Waals surface area (Å²) in [6.07, 6.45) is 4.64. The molecule has 19 heavy (non-hydrogen) atoms.